The molecule has 0 aliphatic heterocycles. The number of hydrogen-bond donors (Lipinski definition) is 1. The summed E-state index contributed by atoms with van der Waals surface area (Å²) in [5.74, 6) is 2.04. The van der Waals surface area contributed by atoms with Gasteiger partial charge in [-0.15, -0.1) is 0 Å². The Morgan fingerprint density at radius 3 is 2.30 bits per heavy atom. The summed E-state index contributed by atoms with van der Waals surface area (Å²) in [5, 5.41) is 3.94. The Morgan fingerprint density at radius 2 is 1.90 bits per heavy atom. The predicted octanol–water partition coefficient (Wildman–Crippen LogP) is 1.98. The minimum atomic E-state index is 0.799. The topological polar surface area (TPSA) is 12.0 Å². The molecular formula is C8H19NS. The van der Waals surface area contributed by atoms with Crippen molar-refractivity contribution < 1.29 is 0 Å². The van der Waals surface area contributed by atoms with Gasteiger partial charge in [-0.2, -0.15) is 11.8 Å². The van der Waals surface area contributed by atoms with Crippen molar-refractivity contribution in [3.63, 3.8) is 0 Å². The summed E-state index contributed by atoms with van der Waals surface area (Å²) in [6.45, 7) is 7.97. The zero-order valence-corrected chi connectivity index (χ0v) is 8.29. The van der Waals surface area contributed by atoms with Gasteiger partial charge >= 0.3 is 0 Å². The largest absolute Gasteiger partial charge is 0.319 e. The summed E-state index contributed by atoms with van der Waals surface area (Å²) in [5.41, 5.74) is 0. The van der Waals surface area contributed by atoms with Crippen LogP contribution in [0.25, 0.3) is 0 Å². The number of hydrogen-bond acceptors (Lipinski definition) is 2. The van der Waals surface area contributed by atoms with Crippen molar-refractivity contribution >= 4 is 11.8 Å². The molecular weight excluding hydrogens is 142 g/mol. The molecule has 0 bridgehead atoms. The van der Waals surface area contributed by atoms with Crippen molar-refractivity contribution in [3.05, 3.63) is 0 Å². The SMILES string of the molecule is CNCCSC(C)C(C)C. The van der Waals surface area contributed by atoms with Crippen molar-refractivity contribution in [2.45, 2.75) is 26.0 Å². The second-order valence-electron chi connectivity index (χ2n) is 2.92. The lowest BCUT2D eigenvalue weighted by Gasteiger charge is -2.14. The van der Waals surface area contributed by atoms with Crippen LogP contribution in [0, 0.1) is 5.92 Å². The molecule has 0 amide bonds. The Hall–Kier alpha value is 0.310. The second-order valence-corrected chi connectivity index (χ2v) is 4.41. The van der Waals surface area contributed by atoms with Crippen LogP contribution in [0.3, 0.4) is 0 Å². The first-order chi connectivity index (χ1) is 4.68. The molecule has 0 saturated heterocycles. The fourth-order valence-corrected chi connectivity index (χ4v) is 1.62. The highest BCUT2D eigenvalue weighted by Gasteiger charge is 2.05. The zero-order chi connectivity index (χ0) is 7.98. The molecule has 1 nitrogen and oxygen atoms in total. The minimum Gasteiger partial charge on any atom is -0.319 e. The highest BCUT2D eigenvalue weighted by atomic mass is 32.2. The van der Waals surface area contributed by atoms with E-state index >= 15 is 0 Å². The van der Waals surface area contributed by atoms with Crippen LogP contribution in [0.4, 0.5) is 0 Å². The van der Waals surface area contributed by atoms with Crippen molar-refractivity contribution in [2.75, 3.05) is 19.3 Å². The van der Waals surface area contributed by atoms with Crippen LogP contribution in [-0.4, -0.2) is 24.6 Å². The average molecular weight is 161 g/mol. The third-order valence-electron chi connectivity index (χ3n) is 1.67. The van der Waals surface area contributed by atoms with Crippen LogP contribution in [0.1, 0.15) is 20.8 Å². The summed E-state index contributed by atoms with van der Waals surface area (Å²) in [7, 11) is 2.00. The highest BCUT2D eigenvalue weighted by molar-refractivity contribution is 7.99. The molecule has 1 unspecified atom stereocenters. The Balaban J connectivity index is 3.13. The van der Waals surface area contributed by atoms with Gasteiger partial charge < -0.3 is 5.32 Å². The molecule has 0 radical (unpaired) electrons. The molecule has 0 aliphatic rings. The Kier molecular flexibility index (Phi) is 6.24. The maximum atomic E-state index is 3.14. The third-order valence-corrected chi connectivity index (χ3v) is 3.18. The first-order valence-electron chi connectivity index (χ1n) is 3.94. The van der Waals surface area contributed by atoms with Gasteiger partial charge in [0.2, 0.25) is 0 Å². The van der Waals surface area contributed by atoms with Gasteiger partial charge in [-0.3, -0.25) is 0 Å². The van der Waals surface area contributed by atoms with Crippen molar-refractivity contribution in [3.8, 4) is 0 Å². The van der Waals surface area contributed by atoms with Gasteiger partial charge in [0, 0.05) is 17.5 Å². The van der Waals surface area contributed by atoms with E-state index in [1.807, 2.05) is 18.8 Å². The maximum Gasteiger partial charge on any atom is 0.00607 e. The summed E-state index contributed by atoms with van der Waals surface area (Å²) in [4.78, 5) is 0. The first-order valence-corrected chi connectivity index (χ1v) is 4.99. The normalized spacial score (nSPS) is 14.1. The van der Waals surface area contributed by atoms with Gasteiger partial charge in [0.05, 0.1) is 0 Å². The molecule has 0 rings (SSSR count). The molecule has 0 aromatic carbocycles. The molecule has 1 atom stereocenters. The molecule has 0 aromatic rings. The van der Waals surface area contributed by atoms with E-state index in [4.69, 9.17) is 0 Å². The van der Waals surface area contributed by atoms with Gasteiger partial charge in [-0.1, -0.05) is 20.8 Å². The van der Waals surface area contributed by atoms with Crippen molar-refractivity contribution in [1.29, 1.82) is 0 Å². The van der Waals surface area contributed by atoms with E-state index in [0.29, 0.717) is 0 Å². The van der Waals surface area contributed by atoms with E-state index in [1.54, 1.807) is 0 Å². The number of thioether (sulfide) groups is 1. The Morgan fingerprint density at radius 1 is 1.30 bits per heavy atom. The van der Waals surface area contributed by atoms with E-state index in [1.165, 1.54) is 5.75 Å². The van der Waals surface area contributed by atoms with Crippen LogP contribution >= 0.6 is 11.8 Å². The monoisotopic (exact) mass is 161 g/mol. The molecule has 0 aliphatic carbocycles. The molecule has 62 valence electrons. The maximum absolute atomic E-state index is 3.14. The van der Waals surface area contributed by atoms with Crippen LogP contribution < -0.4 is 5.32 Å². The van der Waals surface area contributed by atoms with Gasteiger partial charge in [-0.25, -0.2) is 0 Å². The van der Waals surface area contributed by atoms with Gasteiger partial charge in [0.1, 0.15) is 0 Å². The second kappa shape index (κ2) is 6.05. The summed E-state index contributed by atoms with van der Waals surface area (Å²) in [6.07, 6.45) is 0. The summed E-state index contributed by atoms with van der Waals surface area (Å²) >= 11 is 2.05. The Labute approximate surface area is 69.0 Å². The molecule has 10 heavy (non-hydrogen) atoms. The van der Waals surface area contributed by atoms with Crippen LogP contribution in [0.2, 0.25) is 0 Å². The molecule has 0 heterocycles. The summed E-state index contributed by atoms with van der Waals surface area (Å²) < 4.78 is 0. The van der Waals surface area contributed by atoms with E-state index in [0.717, 1.165) is 17.7 Å². The number of rotatable bonds is 5. The lowest BCUT2D eigenvalue weighted by atomic mass is 10.2. The number of nitrogens with one attached hydrogen (secondary N) is 1. The smallest absolute Gasteiger partial charge is 0.00607 e. The third kappa shape index (κ3) is 5.12. The fourth-order valence-electron chi connectivity index (χ4n) is 0.539. The van der Waals surface area contributed by atoms with Gasteiger partial charge in [0.15, 0.2) is 0 Å². The Bertz CT molecular complexity index is 73.7. The zero-order valence-electron chi connectivity index (χ0n) is 7.48. The van der Waals surface area contributed by atoms with Crippen molar-refractivity contribution in [1.82, 2.24) is 5.32 Å². The van der Waals surface area contributed by atoms with Gasteiger partial charge in [-0.05, 0) is 13.0 Å². The molecule has 0 aromatic heterocycles. The lowest BCUT2D eigenvalue weighted by molar-refractivity contribution is 0.641. The van der Waals surface area contributed by atoms with Crippen LogP contribution in [0.15, 0.2) is 0 Å². The van der Waals surface area contributed by atoms with E-state index in [-0.39, 0.29) is 0 Å². The van der Waals surface area contributed by atoms with E-state index in [2.05, 4.69) is 26.1 Å². The fraction of sp³-hybridized carbons (Fsp3) is 1.00. The standard InChI is InChI=1S/C8H19NS/c1-7(2)8(3)10-6-5-9-4/h7-9H,5-6H2,1-4H3. The van der Waals surface area contributed by atoms with Crippen molar-refractivity contribution in [2.24, 2.45) is 5.92 Å². The van der Waals surface area contributed by atoms with Crippen LogP contribution in [-0.2, 0) is 0 Å². The van der Waals surface area contributed by atoms with Crippen LogP contribution in [0.5, 0.6) is 0 Å². The summed E-state index contributed by atoms with van der Waals surface area (Å²) in [6, 6.07) is 0. The van der Waals surface area contributed by atoms with Gasteiger partial charge in [0.25, 0.3) is 0 Å². The average Bonchev–Trinajstić information content (AvgIpc) is 1.88. The lowest BCUT2D eigenvalue weighted by Crippen LogP contribution is -2.14. The quantitative estimate of drug-likeness (QED) is 0.619. The molecule has 0 fully saturated rings. The molecule has 1 N–H and O–H groups in total. The first kappa shape index (κ1) is 10.3. The predicted molar refractivity (Wildman–Crippen MR) is 50.7 cm³/mol. The minimum absolute atomic E-state index is 0.799. The van der Waals surface area contributed by atoms with E-state index < -0.39 is 0 Å². The highest BCUT2D eigenvalue weighted by Crippen LogP contribution is 2.17. The molecule has 0 saturated carbocycles. The molecule has 2 heteroatoms. The molecule has 0 spiro atoms. The van der Waals surface area contributed by atoms with E-state index in [9.17, 15) is 0 Å².